The van der Waals surface area contributed by atoms with Crippen LogP contribution in [0.3, 0.4) is 0 Å². The number of benzene rings is 1. The number of fused-ring (bicyclic) bond motifs is 2. The molecule has 8 heteroatoms. The monoisotopic (exact) mass is 469 g/mol. The molecule has 2 unspecified atom stereocenters. The van der Waals surface area contributed by atoms with Crippen molar-refractivity contribution in [1.82, 2.24) is 13.9 Å². The highest BCUT2D eigenvalue weighted by Crippen LogP contribution is 2.42. The van der Waals surface area contributed by atoms with E-state index in [9.17, 15) is 13.0 Å². The van der Waals surface area contributed by atoms with E-state index >= 15 is 0 Å². The third kappa shape index (κ3) is 6.45. The second-order valence-electron chi connectivity index (χ2n) is 10.4. The van der Waals surface area contributed by atoms with Crippen molar-refractivity contribution in [2.45, 2.75) is 75.7 Å². The van der Waals surface area contributed by atoms with Gasteiger partial charge in [0.15, 0.2) is 0 Å². The summed E-state index contributed by atoms with van der Waals surface area (Å²) in [6, 6.07) is 10.5. The first-order chi connectivity index (χ1) is 14.5. The highest BCUT2D eigenvalue weighted by atomic mass is 32.2. The lowest BCUT2D eigenvalue weighted by molar-refractivity contribution is 0.165. The Morgan fingerprint density at radius 3 is 2.26 bits per heavy atom. The van der Waals surface area contributed by atoms with Crippen LogP contribution >= 0.6 is 0 Å². The summed E-state index contributed by atoms with van der Waals surface area (Å²) in [4.78, 5) is 1.92. The third-order valence-corrected chi connectivity index (χ3v) is 10.1. The van der Waals surface area contributed by atoms with Gasteiger partial charge in [0, 0.05) is 30.0 Å². The SMILES string of the molecule is CN(C)CCS(=O)(=O)N1[C@@H]2CC[C@H]1CC([C@H](Cc1ccccc1)N[S+]([O-])C(C)(C)C)C2. The summed E-state index contributed by atoms with van der Waals surface area (Å²) >= 11 is -1.17. The molecule has 1 aromatic rings. The Morgan fingerprint density at radius 1 is 1.16 bits per heavy atom. The first-order valence-electron chi connectivity index (χ1n) is 11.4. The number of piperidine rings is 1. The van der Waals surface area contributed by atoms with E-state index in [4.69, 9.17) is 0 Å². The van der Waals surface area contributed by atoms with Gasteiger partial charge in [-0.2, -0.15) is 4.31 Å². The molecule has 2 aliphatic heterocycles. The Bertz CT molecular complexity index is 797. The number of nitrogens with one attached hydrogen (secondary N) is 1. The molecule has 2 saturated heterocycles. The van der Waals surface area contributed by atoms with Gasteiger partial charge in [0.05, 0.1) is 11.8 Å². The zero-order valence-electron chi connectivity index (χ0n) is 19.6. The molecule has 0 saturated carbocycles. The van der Waals surface area contributed by atoms with E-state index < -0.39 is 21.4 Å². The zero-order chi connectivity index (χ0) is 22.8. The summed E-state index contributed by atoms with van der Waals surface area (Å²) in [7, 11) is 0.559. The molecule has 2 heterocycles. The highest BCUT2D eigenvalue weighted by molar-refractivity contribution is 7.90. The van der Waals surface area contributed by atoms with Gasteiger partial charge in [0.1, 0.15) is 4.75 Å². The van der Waals surface area contributed by atoms with Gasteiger partial charge in [0.25, 0.3) is 0 Å². The van der Waals surface area contributed by atoms with Crippen LogP contribution in [0.25, 0.3) is 0 Å². The average Bonchev–Trinajstić information content (AvgIpc) is 2.97. The standard InChI is InChI=1S/C23H39N3O3S2/c1-23(2,3)30(27)24-22(15-18-9-7-6-8-10-18)19-16-20-11-12-21(17-19)26(20)31(28,29)14-13-25(4)5/h6-10,19-22,24H,11-17H2,1-5H3/t19?,20-,21+,22-,30?/m0/s1. The van der Waals surface area contributed by atoms with Crippen LogP contribution < -0.4 is 4.72 Å². The molecule has 0 radical (unpaired) electrons. The van der Waals surface area contributed by atoms with Crippen molar-refractivity contribution in [3.05, 3.63) is 35.9 Å². The lowest BCUT2D eigenvalue weighted by Crippen LogP contribution is -2.54. The molecule has 1 aromatic carbocycles. The molecule has 2 fully saturated rings. The van der Waals surface area contributed by atoms with Crippen LogP contribution in [-0.2, 0) is 27.8 Å². The number of hydrogen-bond donors (Lipinski definition) is 1. The number of rotatable bonds is 9. The Labute approximate surface area is 192 Å². The lowest BCUT2D eigenvalue weighted by atomic mass is 9.84. The van der Waals surface area contributed by atoms with Crippen LogP contribution in [0.1, 0.15) is 52.0 Å². The second kappa shape index (κ2) is 10.1. The van der Waals surface area contributed by atoms with E-state index in [1.807, 2.05) is 62.3 Å². The molecule has 2 aliphatic rings. The molecule has 3 rings (SSSR count). The van der Waals surface area contributed by atoms with Crippen LogP contribution in [0, 0.1) is 5.92 Å². The fourth-order valence-corrected chi connectivity index (χ4v) is 7.85. The van der Waals surface area contributed by atoms with Gasteiger partial charge < -0.3 is 9.45 Å². The number of nitrogens with zero attached hydrogens (tertiary/aromatic N) is 2. The van der Waals surface area contributed by atoms with Crippen molar-refractivity contribution >= 4 is 21.4 Å². The normalized spacial score (nSPS) is 26.9. The summed E-state index contributed by atoms with van der Waals surface area (Å²) in [5.41, 5.74) is 1.22. The van der Waals surface area contributed by atoms with Gasteiger partial charge in [-0.25, -0.2) is 8.42 Å². The Morgan fingerprint density at radius 2 is 1.74 bits per heavy atom. The second-order valence-corrected chi connectivity index (χ2v) is 14.4. The van der Waals surface area contributed by atoms with Crippen LogP contribution in [0.4, 0.5) is 0 Å². The van der Waals surface area contributed by atoms with Crippen molar-refractivity contribution in [2.24, 2.45) is 5.92 Å². The van der Waals surface area contributed by atoms with Crippen molar-refractivity contribution < 1.29 is 13.0 Å². The minimum atomic E-state index is -3.26. The fourth-order valence-electron chi connectivity index (χ4n) is 4.85. The van der Waals surface area contributed by atoms with Crippen LogP contribution in [0.2, 0.25) is 0 Å². The molecule has 2 bridgehead atoms. The van der Waals surface area contributed by atoms with E-state index in [-0.39, 0.29) is 28.6 Å². The molecule has 5 atom stereocenters. The first-order valence-corrected chi connectivity index (χ1v) is 14.1. The average molecular weight is 470 g/mol. The summed E-state index contributed by atoms with van der Waals surface area (Å²) in [6.45, 7) is 6.50. The van der Waals surface area contributed by atoms with E-state index in [1.54, 1.807) is 0 Å². The molecule has 0 spiro atoms. The Balaban J connectivity index is 1.76. The minimum absolute atomic E-state index is 0.0668. The van der Waals surface area contributed by atoms with Crippen LogP contribution in [-0.4, -0.2) is 71.4 Å². The molecule has 1 N–H and O–H groups in total. The molecule has 0 aliphatic carbocycles. The fraction of sp³-hybridized carbons (Fsp3) is 0.739. The van der Waals surface area contributed by atoms with Crippen LogP contribution in [0.15, 0.2) is 30.3 Å². The molecular formula is C23H39N3O3S2. The smallest absolute Gasteiger partial charge is 0.215 e. The van der Waals surface area contributed by atoms with Gasteiger partial charge in [-0.3, -0.25) is 0 Å². The zero-order valence-corrected chi connectivity index (χ0v) is 21.2. The summed E-state index contributed by atoms with van der Waals surface area (Å²) in [5, 5.41) is 0. The topological polar surface area (TPSA) is 75.7 Å². The summed E-state index contributed by atoms with van der Waals surface area (Å²) < 4.78 is 44.0. The van der Waals surface area contributed by atoms with E-state index in [1.165, 1.54) is 5.56 Å². The Hall–Kier alpha value is -0.640. The van der Waals surface area contributed by atoms with Crippen molar-refractivity contribution in [3.63, 3.8) is 0 Å². The molecule has 31 heavy (non-hydrogen) atoms. The van der Waals surface area contributed by atoms with Crippen LogP contribution in [0.5, 0.6) is 0 Å². The minimum Gasteiger partial charge on any atom is -0.598 e. The molecule has 0 amide bonds. The molecule has 176 valence electrons. The van der Waals surface area contributed by atoms with Crippen molar-refractivity contribution in [2.75, 3.05) is 26.4 Å². The van der Waals surface area contributed by atoms with Gasteiger partial charge in [-0.1, -0.05) is 30.3 Å². The summed E-state index contributed by atoms with van der Waals surface area (Å²) in [6.07, 6.45) is 4.35. The van der Waals surface area contributed by atoms with Crippen molar-refractivity contribution in [3.8, 4) is 0 Å². The third-order valence-electron chi connectivity index (χ3n) is 6.50. The Kier molecular flexibility index (Phi) is 8.14. The molecule has 0 aromatic heterocycles. The largest absolute Gasteiger partial charge is 0.598 e. The van der Waals surface area contributed by atoms with Gasteiger partial charge >= 0.3 is 0 Å². The van der Waals surface area contributed by atoms with Gasteiger partial charge in [-0.15, -0.1) is 4.72 Å². The maximum atomic E-state index is 13.1. The number of hydrogen-bond acceptors (Lipinski definition) is 5. The predicted molar refractivity (Wildman–Crippen MR) is 129 cm³/mol. The maximum absolute atomic E-state index is 13.1. The van der Waals surface area contributed by atoms with Gasteiger partial charge in [-0.05, 0) is 78.5 Å². The highest BCUT2D eigenvalue weighted by Gasteiger charge is 2.48. The first kappa shape index (κ1) is 25.0. The quantitative estimate of drug-likeness (QED) is 0.563. The molecular weight excluding hydrogens is 430 g/mol. The lowest BCUT2D eigenvalue weighted by Gasteiger charge is -2.41. The maximum Gasteiger partial charge on any atom is 0.215 e. The van der Waals surface area contributed by atoms with Gasteiger partial charge in [0.2, 0.25) is 10.0 Å². The van der Waals surface area contributed by atoms with Crippen molar-refractivity contribution in [1.29, 1.82) is 0 Å². The van der Waals surface area contributed by atoms with E-state index in [0.29, 0.717) is 12.5 Å². The summed E-state index contributed by atoms with van der Waals surface area (Å²) in [5.74, 6) is 0.488. The number of sulfonamides is 1. The molecule has 6 nitrogen and oxygen atoms in total. The van der Waals surface area contributed by atoms with E-state index in [2.05, 4.69) is 16.9 Å². The predicted octanol–water partition coefficient (Wildman–Crippen LogP) is 2.78. The van der Waals surface area contributed by atoms with E-state index in [0.717, 1.165) is 32.1 Å².